The molecule has 2 aromatic rings. The molecule has 0 spiro atoms. The van der Waals surface area contributed by atoms with Crippen LogP contribution in [0.2, 0.25) is 0 Å². The predicted octanol–water partition coefficient (Wildman–Crippen LogP) is 0.823. The molecule has 3 heterocycles. The second-order valence-corrected chi connectivity index (χ2v) is 5.88. The molecule has 8 nitrogen and oxygen atoms in total. The molecule has 1 N–H and O–H groups in total. The van der Waals surface area contributed by atoms with Gasteiger partial charge in [-0.15, -0.1) is 0 Å². The highest BCUT2D eigenvalue weighted by molar-refractivity contribution is 5.92. The molecule has 1 aliphatic heterocycles. The maximum absolute atomic E-state index is 12.7. The average Bonchev–Trinajstić information content (AvgIpc) is 3.21. The van der Waals surface area contributed by atoms with Crippen molar-refractivity contribution in [1.29, 1.82) is 0 Å². The van der Waals surface area contributed by atoms with E-state index in [1.54, 1.807) is 41.3 Å². The van der Waals surface area contributed by atoms with Crippen LogP contribution in [0.4, 0.5) is 0 Å². The topological polar surface area (TPSA) is 93.0 Å². The number of amides is 2. The first kappa shape index (κ1) is 16.1. The van der Waals surface area contributed by atoms with Crippen LogP contribution in [0, 0.1) is 0 Å². The monoisotopic (exact) mass is 328 g/mol. The summed E-state index contributed by atoms with van der Waals surface area (Å²) in [6.45, 7) is 2.47. The van der Waals surface area contributed by atoms with E-state index in [9.17, 15) is 9.59 Å². The lowest BCUT2D eigenvalue weighted by Gasteiger charge is -2.23. The molecule has 1 saturated heterocycles. The number of rotatable bonds is 4. The lowest BCUT2D eigenvalue weighted by molar-refractivity contribution is -0.119. The van der Waals surface area contributed by atoms with E-state index >= 15 is 0 Å². The van der Waals surface area contributed by atoms with Crippen molar-refractivity contribution in [3.63, 3.8) is 0 Å². The number of aromatic nitrogens is 4. The van der Waals surface area contributed by atoms with E-state index in [2.05, 4.69) is 20.4 Å². The molecule has 1 unspecified atom stereocenters. The second-order valence-electron chi connectivity index (χ2n) is 5.88. The molecule has 126 valence electrons. The van der Waals surface area contributed by atoms with Crippen LogP contribution in [-0.2, 0) is 18.4 Å². The summed E-state index contributed by atoms with van der Waals surface area (Å²) >= 11 is 0. The van der Waals surface area contributed by atoms with Crippen LogP contribution < -0.4 is 5.32 Å². The number of nitrogens with one attached hydrogen (secondary N) is 1. The number of hydrogen-bond acceptors (Lipinski definition) is 5. The van der Waals surface area contributed by atoms with Gasteiger partial charge in [0, 0.05) is 26.7 Å². The summed E-state index contributed by atoms with van der Waals surface area (Å²) in [6, 6.07) is 1.61. The van der Waals surface area contributed by atoms with Crippen LogP contribution in [0.15, 0.2) is 24.7 Å². The van der Waals surface area contributed by atoms with E-state index in [1.807, 2.05) is 0 Å². The van der Waals surface area contributed by atoms with Gasteiger partial charge in [0.2, 0.25) is 5.91 Å². The molecule has 2 aromatic heterocycles. The van der Waals surface area contributed by atoms with Crippen molar-refractivity contribution in [1.82, 2.24) is 30.0 Å². The minimum atomic E-state index is -0.116. The number of hydrogen-bond donors (Lipinski definition) is 1. The molecule has 1 aliphatic rings. The van der Waals surface area contributed by atoms with Crippen molar-refractivity contribution in [3.8, 4) is 0 Å². The van der Waals surface area contributed by atoms with Crippen LogP contribution in [0.1, 0.15) is 47.7 Å². The summed E-state index contributed by atoms with van der Waals surface area (Å²) in [5.41, 5.74) is 1.87. The number of carbonyl (C=O) groups is 2. The summed E-state index contributed by atoms with van der Waals surface area (Å²) in [5, 5.41) is 6.90. The predicted molar refractivity (Wildman–Crippen MR) is 85.8 cm³/mol. The van der Waals surface area contributed by atoms with Crippen molar-refractivity contribution in [3.05, 3.63) is 41.7 Å². The minimum Gasteiger partial charge on any atom is -0.351 e. The summed E-state index contributed by atoms with van der Waals surface area (Å²) in [6.07, 6.45) is 6.83. The van der Waals surface area contributed by atoms with Gasteiger partial charge in [0.25, 0.3) is 5.91 Å². The first-order chi connectivity index (χ1) is 11.5. The van der Waals surface area contributed by atoms with Gasteiger partial charge in [-0.3, -0.25) is 24.2 Å². The highest BCUT2D eigenvalue weighted by atomic mass is 16.2. The zero-order chi connectivity index (χ0) is 17.1. The Hall–Kier alpha value is -2.77. The normalized spacial score (nSPS) is 17.1. The Morgan fingerprint density at radius 1 is 1.38 bits per heavy atom. The molecule has 0 aromatic carbocycles. The molecule has 0 saturated carbocycles. The van der Waals surface area contributed by atoms with E-state index in [4.69, 9.17) is 0 Å². The van der Waals surface area contributed by atoms with Crippen molar-refractivity contribution in [2.24, 2.45) is 7.05 Å². The highest BCUT2D eigenvalue weighted by Crippen LogP contribution is 2.31. The first-order valence-electron chi connectivity index (χ1n) is 7.90. The van der Waals surface area contributed by atoms with Gasteiger partial charge in [0.1, 0.15) is 5.69 Å². The van der Waals surface area contributed by atoms with Crippen molar-refractivity contribution in [2.75, 3.05) is 6.54 Å². The SMILES string of the molecule is CC(=O)NCc1cncc(C2CCCN2C(=O)c2ccn(C)n2)n1. The van der Waals surface area contributed by atoms with E-state index in [-0.39, 0.29) is 17.9 Å². The van der Waals surface area contributed by atoms with E-state index in [1.165, 1.54) is 6.92 Å². The number of nitrogens with zero attached hydrogens (tertiary/aromatic N) is 5. The lowest BCUT2D eigenvalue weighted by atomic mass is 10.1. The summed E-state index contributed by atoms with van der Waals surface area (Å²) < 4.78 is 1.62. The quantitative estimate of drug-likeness (QED) is 0.897. The third-order valence-electron chi connectivity index (χ3n) is 4.01. The third kappa shape index (κ3) is 3.42. The largest absolute Gasteiger partial charge is 0.351 e. The Morgan fingerprint density at radius 3 is 2.92 bits per heavy atom. The van der Waals surface area contributed by atoms with Gasteiger partial charge in [0.15, 0.2) is 0 Å². The Bertz CT molecular complexity index is 757. The Labute approximate surface area is 139 Å². The van der Waals surface area contributed by atoms with E-state index < -0.39 is 0 Å². The molecule has 2 amide bonds. The van der Waals surface area contributed by atoms with Gasteiger partial charge in [-0.1, -0.05) is 0 Å². The molecule has 0 radical (unpaired) electrons. The zero-order valence-corrected chi connectivity index (χ0v) is 13.8. The standard InChI is InChI=1S/C16H20N6O2/c1-11(23)18-9-12-8-17-10-14(19-12)15-4-3-6-22(15)16(24)13-5-7-21(2)20-13/h5,7-8,10,15H,3-4,6,9H2,1-2H3,(H,18,23). The average molecular weight is 328 g/mol. The molecule has 0 bridgehead atoms. The number of carbonyl (C=O) groups excluding carboxylic acids is 2. The van der Waals surface area contributed by atoms with Gasteiger partial charge in [-0.25, -0.2) is 0 Å². The Balaban J connectivity index is 1.79. The summed E-state index contributed by atoms with van der Waals surface area (Å²) in [5.74, 6) is -0.206. The van der Waals surface area contributed by atoms with Gasteiger partial charge in [-0.05, 0) is 18.9 Å². The Morgan fingerprint density at radius 2 is 2.21 bits per heavy atom. The molecule has 0 aliphatic carbocycles. The van der Waals surface area contributed by atoms with Gasteiger partial charge >= 0.3 is 0 Å². The van der Waals surface area contributed by atoms with Crippen molar-refractivity contribution < 1.29 is 9.59 Å². The maximum atomic E-state index is 12.7. The lowest BCUT2D eigenvalue weighted by Crippen LogP contribution is -2.31. The zero-order valence-electron chi connectivity index (χ0n) is 13.8. The van der Waals surface area contributed by atoms with Gasteiger partial charge < -0.3 is 10.2 Å². The fraction of sp³-hybridized carbons (Fsp3) is 0.438. The summed E-state index contributed by atoms with van der Waals surface area (Å²) in [7, 11) is 1.79. The summed E-state index contributed by atoms with van der Waals surface area (Å²) in [4.78, 5) is 34.3. The highest BCUT2D eigenvalue weighted by Gasteiger charge is 2.32. The van der Waals surface area contributed by atoms with Crippen LogP contribution in [0.25, 0.3) is 0 Å². The number of likely N-dealkylation sites (tertiary alicyclic amines) is 1. The molecule has 8 heteroatoms. The van der Waals surface area contributed by atoms with Gasteiger partial charge in [0.05, 0.1) is 36.4 Å². The van der Waals surface area contributed by atoms with Crippen molar-refractivity contribution >= 4 is 11.8 Å². The molecule has 1 atom stereocenters. The van der Waals surface area contributed by atoms with E-state index in [0.717, 1.165) is 18.5 Å². The minimum absolute atomic E-state index is 0.0906. The number of aryl methyl sites for hydroxylation is 1. The second kappa shape index (κ2) is 6.77. The van der Waals surface area contributed by atoms with Crippen LogP contribution >= 0.6 is 0 Å². The maximum Gasteiger partial charge on any atom is 0.274 e. The fourth-order valence-electron chi connectivity index (χ4n) is 2.88. The van der Waals surface area contributed by atoms with Crippen LogP contribution in [0.3, 0.4) is 0 Å². The van der Waals surface area contributed by atoms with Gasteiger partial charge in [-0.2, -0.15) is 5.10 Å². The van der Waals surface area contributed by atoms with Crippen LogP contribution in [0.5, 0.6) is 0 Å². The molecular formula is C16H20N6O2. The van der Waals surface area contributed by atoms with E-state index in [0.29, 0.717) is 24.5 Å². The Kier molecular flexibility index (Phi) is 4.54. The van der Waals surface area contributed by atoms with Crippen molar-refractivity contribution in [2.45, 2.75) is 32.4 Å². The smallest absolute Gasteiger partial charge is 0.274 e. The fourth-order valence-corrected chi connectivity index (χ4v) is 2.88. The molecule has 1 fully saturated rings. The first-order valence-corrected chi connectivity index (χ1v) is 7.90. The third-order valence-corrected chi connectivity index (χ3v) is 4.01. The molecular weight excluding hydrogens is 308 g/mol. The molecule has 3 rings (SSSR count). The van der Waals surface area contributed by atoms with Crippen LogP contribution in [-0.4, -0.2) is 43.0 Å². The molecule has 24 heavy (non-hydrogen) atoms.